The van der Waals surface area contributed by atoms with E-state index in [1.807, 2.05) is 0 Å². The zero-order valence-electron chi connectivity index (χ0n) is 11.2. The average Bonchev–Trinajstić information content (AvgIpc) is 2.96. The zero-order chi connectivity index (χ0) is 15.3. The number of benzene rings is 1. The zero-order valence-corrected chi connectivity index (χ0v) is 13.6. The summed E-state index contributed by atoms with van der Waals surface area (Å²) in [6.45, 7) is 0.649. The minimum absolute atomic E-state index is 0.227. The molecular weight excluding hydrogens is 334 g/mol. The van der Waals surface area contributed by atoms with Crippen molar-refractivity contribution in [1.29, 1.82) is 0 Å². The second kappa shape index (κ2) is 7.13. The van der Waals surface area contributed by atoms with Crippen LogP contribution < -0.4 is 9.46 Å². The molecule has 1 aromatic carbocycles. The Labute approximate surface area is 132 Å². The molecule has 0 saturated carbocycles. The van der Waals surface area contributed by atoms with Crippen LogP contribution in [0, 0.1) is 0 Å². The Kier molecular flexibility index (Phi) is 5.46. The molecular formula is C13H14ClNO4S2. The van der Waals surface area contributed by atoms with Crippen LogP contribution in [-0.4, -0.2) is 28.7 Å². The Balaban J connectivity index is 2.25. The molecule has 0 aliphatic rings. The molecule has 114 valence electrons. The number of methoxy groups -OCH3 is 1. The van der Waals surface area contributed by atoms with Crippen LogP contribution in [0.4, 0.5) is 5.69 Å². The Morgan fingerprint density at radius 2 is 2.05 bits per heavy atom. The molecule has 0 radical (unpaired) electrons. The van der Waals surface area contributed by atoms with Crippen LogP contribution in [0.5, 0.6) is 5.75 Å². The lowest BCUT2D eigenvalue weighted by Crippen LogP contribution is -2.13. The van der Waals surface area contributed by atoms with E-state index >= 15 is 0 Å². The number of hydrogen-bond acceptors (Lipinski definition) is 5. The maximum atomic E-state index is 12.2. The van der Waals surface area contributed by atoms with Crippen molar-refractivity contribution >= 4 is 38.6 Å². The molecule has 21 heavy (non-hydrogen) atoms. The van der Waals surface area contributed by atoms with Gasteiger partial charge in [-0.05, 0) is 23.6 Å². The molecule has 0 aliphatic carbocycles. The van der Waals surface area contributed by atoms with Crippen LogP contribution in [0.3, 0.4) is 0 Å². The second-order valence-electron chi connectivity index (χ2n) is 4.00. The first-order chi connectivity index (χ1) is 10.0. The standard InChI is InChI=1S/C13H14ClNO4S2/c1-18-7-8-19-13-10(14)4-2-5-11(13)15-21(16,17)12-6-3-9-20-12/h2-6,9,15H,7-8H2,1H3. The van der Waals surface area contributed by atoms with Crippen molar-refractivity contribution < 1.29 is 17.9 Å². The maximum Gasteiger partial charge on any atom is 0.271 e. The first-order valence-corrected chi connectivity index (χ1v) is 8.75. The van der Waals surface area contributed by atoms with Crippen LogP contribution in [0.1, 0.15) is 0 Å². The number of anilines is 1. The number of rotatable bonds is 7. The Bertz CT molecular complexity index is 686. The molecule has 1 aromatic heterocycles. The van der Waals surface area contributed by atoms with Gasteiger partial charge in [0.25, 0.3) is 10.0 Å². The van der Waals surface area contributed by atoms with E-state index in [2.05, 4.69) is 4.72 Å². The van der Waals surface area contributed by atoms with Crippen molar-refractivity contribution in [1.82, 2.24) is 0 Å². The van der Waals surface area contributed by atoms with E-state index in [0.29, 0.717) is 17.3 Å². The molecule has 2 aromatic rings. The van der Waals surface area contributed by atoms with Gasteiger partial charge in [-0.15, -0.1) is 11.3 Å². The fourth-order valence-corrected chi connectivity index (χ4v) is 3.86. The predicted octanol–water partition coefficient (Wildman–Crippen LogP) is 3.23. The van der Waals surface area contributed by atoms with Gasteiger partial charge >= 0.3 is 0 Å². The lowest BCUT2D eigenvalue weighted by atomic mass is 10.3. The van der Waals surface area contributed by atoms with Gasteiger partial charge in [-0.3, -0.25) is 4.72 Å². The topological polar surface area (TPSA) is 64.6 Å². The summed E-state index contributed by atoms with van der Waals surface area (Å²) in [7, 11) is -2.09. The van der Waals surface area contributed by atoms with Gasteiger partial charge in [0.05, 0.1) is 17.3 Å². The summed E-state index contributed by atoms with van der Waals surface area (Å²) in [5.74, 6) is 0.288. The summed E-state index contributed by atoms with van der Waals surface area (Å²) in [6.07, 6.45) is 0. The molecule has 0 atom stereocenters. The molecule has 0 aliphatic heterocycles. The maximum absolute atomic E-state index is 12.2. The van der Waals surface area contributed by atoms with Crippen molar-refractivity contribution in [2.45, 2.75) is 4.21 Å². The lowest BCUT2D eigenvalue weighted by Gasteiger charge is -2.14. The van der Waals surface area contributed by atoms with E-state index in [9.17, 15) is 8.42 Å². The van der Waals surface area contributed by atoms with E-state index < -0.39 is 10.0 Å². The monoisotopic (exact) mass is 347 g/mol. The number of hydrogen-bond donors (Lipinski definition) is 1. The molecule has 1 heterocycles. The van der Waals surface area contributed by atoms with Crippen LogP contribution >= 0.6 is 22.9 Å². The Hall–Kier alpha value is -1.28. The molecule has 0 bridgehead atoms. The van der Waals surface area contributed by atoms with Gasteiger partial charge in [-0.25, -0.2) is 8.42 Å². The highest BCUT2D eigenvalue weighted by molar-refractivity contribution is 7.94. The third-order valence-corrected chi connectivity index (χ3v) is 5.57. The number of sulfonamides is 1. The van der Waals surface area contributed by atoms with Crippen molar-refractivity contribution in [3.63, 3.8) is 0 Å². The van der Waals surface area contributed by atoms with Crippen molar-refractivity contribution in [3.05, 3.63) is 40.7 Å². The number of para-hydroxylation sites is 1. The van der Waals surface area contributed by atoms with Gasteiger partial charge in [-0.1, -0.05) is 23.7 Å². The molecule has 0 unspecified atom stereocenters. The van der Waals surface area contributed by atoms with Gasteiger partial charge in [0, 0.05) is 7.11 Å². The van der Waals surface area contributed by atoms with E-state index in [1.165, 1.54) is 6.07 Å². The molecule has 0 amide bonds. The molecule has 0 spiro atoms. The first kappa shape index (κ1) is 16.1. The van der Waals surface area contributed by atoms with Gasteiger partial charge < -0.3 is 9.47 Å². The predicted molar refractivity (Wildman–Crippen MR) is 84.0 cm³/mol. The number of nitrogens with one attached hydrogen (secondary N) is 1. The molecule has 1 N–H and O–H groups in total. The van der Waals surface area contributed by atoms with E-state index in [4.69, 9.17) is 21.1 Å². The fourth-order valence-electron chi connectivity index (χ4n) is 1.57. The van der Waals surface area contributed by atoms with Crippen LogP contribution in [0.15, 0.2) is 39.9 Å². The van der Waals surface area contributed by atoms with Gasteiger partial charge in [0.15, 0.2) is 5.75 Å². The second-order valence-corrected chi connectivity index (χ2v) is 7.26. The number of thiophene rings is 1. The number of ether oxygens (including phenoxy) is 2. The van der Waals surface area contributed by atoms with Crippen LogP contribution in [0.25, 0.3) is 0 Å². The summed E-state index contributed by atoms with van der Waals surface area (Å²) in [4.78, 5) is 0. The minimum Gasteiger partial charge on any atom is -0.487 e. The van der Waals surface area contributed by atoms with Gasteiger partial charge in [0.1, 0.15) is 10.8 Å². The molecule has 2 rings (SSSR count). The smallest absolute Gasteiger partial charge is 0.271 e. The highest BCUT2D eigenvalue weighted by Gasteiger charge is 2.18. The largest absolute Gasteiger partial charge is 0.487 e. The summed E-state index contributed by atoms with van der Waals surface area (Å²) in [6, 6.07) is 8.08. The minimum atomic E-state index is -3.64. The van der Waals surface area contributed by atoms with E-state index in [0.717, 1.165) is 11.3 Å². The molecule has 5 nitrogen and oxygen atoms in total. The van der Waals surface area contributed by atoms with Gasteiger partial charge in [-0.2, -0.15) is 0 Å². The van der Waals surface area contributed by atoms with Gasteiger partial charge in [0.2, 0.25) is 0 Å². The van der Waals surface area contributed by atoms with E-state index in [1.54, 1.807) is 36.8 Å². The number of halogens is 1. The third kappa shape index (κ3) is 4.10. The Morgan fingerprint density at radius 1 is 1.24 bits per heavy atom. The fraction of sp³-hybridized carbons (Fsp3) is 0.231. The molecule has 0 fully saturated rings. The van der Waals surface area contributed by atoms with Crippen molar-refractivity contribution in [3.8, 4) is 5.75 Å². The van der Waals surface area contributed by atoms with Crippen molar-refractivity contribution in [2.75, 3.05) is 25.0 Å². The van der Waals surface area contributed by atoms with Crippen LogP contribution in [-0.2, 0) is 14.8 Å². The summed E-state index contributed by atoms with van der Waals surface area (Å²) < 4.78 is 37.6. The quantitative estimate of drug-likeness (QED) is 0.781. The molecule has 8 heteroatoms. The average molecular weight is 348 g/mol. The summed E-state index contributed by atoms with van der Waals surface area (Å²) in [5, 5.41) is 2.03. The Morgan fingerprint density at radius 3 is 2.71 bits per heavy atom. The highest BCUT2D eigenvalue weighted by Crippen LogP contribution is 2.34. The summed E-state index contributed by atoms with van der Waals surface area (Å²) in [5.41, 5.74) is 0.298. The van der Waals surface area contributed by atoms with E-state index in [-0.39, 0.29) is 16.6 Å². The van der Waals surface area contributed by atoms with Crippen molar-refractivity contribution in [2.24, 2.45) is 0 Å². The lowest BCUT2D eigenvalue weighted by molar-refractivity contribution is 0.147. The SMILES string of the molecule is COCCOc1c(Cl)cccc1NS(=O)(=O)c1cccs1. The third-order valence-electron chi connectivity index (χ3n) is 2.51. The van der Waals surface area contributed by atoms with Crippen LogP contribution in [0.2, 0.25) is 5.02 Å². The molecule has 0 saturated heterocycles. The summed E-state index contributed by atoms with van der Waals surface area (Å²) >= 11 is 7.20. The normalized spacial score (nSPS) is 11.3. The first-order valence-electron chi connectivity index (χ1n) is 6.01. The highest BCUT2D eigenvalue weighted by atomic mass is 35.5.